The number of carbonyl (C=O) groups excluding carboxylic acids is 2. The van der Waals surface area contributed by atoms with Crippen molar-refractivity contribution in [3.8, 4) is 11.1 Å². The largest absolute Gasteiger partial charge is 0.480 e. The number of hydrogen-bond acceptors (Lipinski definition) is 6. The lowest BCUT2D eigenvalue weighted by atomic mass is 9.86. The van der Waals surface area contributed by atoms with Gasteiger partial charge < -0.3 is 25.4 Å². The van der Waals surface area contributed by atoms with Crippen molar-refractivity contribution in [1.82, 2.24) is 20.4 Å². The number of hydrogen-bond donors (Lipinski definition) is 3. The third kappa shape index (κ3) is 6.48. The lowest BCUT2D eigenvalue weighted by Gasteiger charge is -2.41. The lowest BCUT2D eigenvalue weighted by Crippen LogP contribution is -2.65. The summed E-state index contributed by atoms with van der Waals surface area (Å²) in [5, 5.41) is 15.3. The number of carboxylic acid groups (broad SMARTS) is 1. The first kappa shape index (κ1) is 29.3. The SMILES string of the molecule is CN(C)CC(NC(=O)C1(NC(=O)OCC2c3ccccc3-c3ccccc32)CCN(Cc2ccccc2)CC1)C(=O)O. The number of benzene rings is 3. The Kier molecular flexibility index (Phi) is 8.89. The summed E-state index contributed by atoms with van der Waals surface area (Å²) >= 11 is 0. The molecular formula is C33H38N4O5. The van der Waals surface area contributed by atoms with Crippen LogP contribution in [-0.4, -0.2) is 84.8 Å². The predicted molar refractivity (Wildman–Crippen MR) is 160 cm³/mol. The number of amides is 2. The highest BCUT2D eigenvalue weighted by molar-refractivity contribution is 5.93. The molecule has 9 nitrogen and oxygen atoms in total. The Balaban J connectivity index is 1.30. The second-order valence-electron chi connectivity index (χ2n) is 11.4. The van der Waals surface area contributed by atoms with Crippen molar-refractivity contribution in [2.75, 3.05) is 40.3 Å². The van der Waals surface area contributed by atoms with Gasteiger partial charge in [-0.1, -0.05) is 78.9 Å². The number of nitrogens with zero attached hydrogens (tertiary/aromatic N) is 2. The van der Waals surface area contributed by atoms with Crippen LogP contribution < -0.4 is 10.6 Å². The molecule has 0 radical (unpaired) electrons. The zero-order valence-corrected chi connectivity index (χ0v) is 24.1. The molecule has 42 heavy (non-hydrogen) atoms. The van der Waals surface area contributed by atoms with Crippen molar-refractivity contribution in [3.63, 3.8) is 0 Å². The van der Waals surface area contributed by atoms with Gasteiger partial charge in [0, 0.05) is 32.1 Å². The van der Waals surface area contributed by atoms with Gasteiger partial charge in [0.15, 0.2) is 0 Å². The van der Waals surface area contributed by atoms with E-state index in [4.69, 9.17) is 4.74 Å². The molecule has 5 rings (SSSR count). The topological polar surface area (TPSA) is 111 Å². The average Bonchev–Trinajstić information content (AvgIpc) is 3.30. The van der Waals surface area contributed by atoms with Gasteiger partial charge in [-0.15, -0.1) is 0 Å². The maximum Gasteiger partial charge on any atom is 0.408 e. The van der Waals surface area contributed by atoms with Gasteiger partial charge in [0.2, 0.25) is 5.91 Å². The van der Waals surface area contributed by atoms with E-state index in [1.807, 2.05) is 42.5 Å². The van der Waals surface area contributed by atoms with E-state index in [-0.39, 0.29) is 19.1 Å². The smallest absolute Gasteiger partial charge is 0.408 e. The van der Waals surface area contributed by atoms with Crippen molar-refractivity contribution in [2.24, 2.45) is 0 Å². The molecule has 3 N–H and O–H groups in total. The highest BCUT2D eigenvalue weighted by Gasteiger charge is 2.44. The van der Waals surface area contributed by atoms with Gasteiger partial charge in [-0.25, -0.2) is 9.59 Å². The van der Waals surface area contributed by atoms with Gasteiger partial charge in [-0.3, -0.25) is 9.69 Å². The van der Waals surface area contributed by atoms with Crippen LogP contribution in [0.1, 0.15) is 35.4 Å². The summed E-state index contributed by atoms with van der Waals surface area (Å²) < 4.78 is 5.79. The zero-order valence-electron chi connectivity index (χ0n) is 24.1. The molecule has 1 fully saturated rings. The van der Waals surface area contributed by atoms with E-state index in [9.17, 15) is 19.5 Å². The minimum Gasteiger partial charge on any atom is -0.480 e. The van der Waals surface area contributed by atoms with Gasteiger partial charge in [0.05, 0.1) is 0 Å². The molecule has 2 aliphatic rings. The first-order valence-corrected chi connectivity index (χ1v) is 14.3. The van der Waals surface area contributed by atoms with Crippen LogP contribution in [0.2, 0.25) is 0 Å². The summed E-state index contributed by atoms with van der Waals surface area (Å²) in [5.74, 6) is -1.75. The minimum absolute atomic E-state index is 0.114. The molecule has 2 amide bonds. The van der Waals surface area contributed by atoms with Crippen LogP contribution in [0, 0.1) is 0 Å². The number of nitrogens with one attached hydrogen (secondary N) is 2. The van der Waals surface area contributed by atoms with Crippen LogP contribution >= 0.6 is 0 Å². The van der Waals surface area contributed by atoms with Crippen molar-refractivity contribution in [2.45, 2.75) is 36.9 Å². The number of carbonyl (C=O) groups is 3. The van der Waals surface area contributed by atoms with E-state index < -0.39 is 29.6 Å². The van der Waals surface area contributed by atoms with Gasteiger partial charge in [0.25, 0.3) is 0 Å². The van der Waals surface area contributed by atoms with Gasteiger partial charge in [-0.2, -0.15) is 0 Å². The van der Waals surface area contributed by atoms with E-state index >= 15 is 0 Å². The molecular weight excluding hydrogens is 532 g/mol. The number of likely N-dealkylation sites (N-methyl/N-ethyl adjacent to an activating group) is 1. The van der Waals surface area contributed by atoms with Crippen LogP contribution in [0.15, 0.2) is 78.9 Å². The second kappa shape index (κ2) is 12.8. The number of carboxylic acids is 1. The van der Waals surface area contributed by atoms with Gasteiger partial charge in [-0.05, 0) is 54.8 Å². The Labute approximate surface area is 246 Å². The standard InChI is InChI=1S/C33H38N4O5/c1-36(2)21-29(30(38)39)34-31(40)33(16-18-37(19-17-33)20-23-10-4-3-5-11-23)35-32(41)42-22-28-26-14-8-6-12-24(26)25-13-7-9-15-27(25)28/h3-15,28-29H,16-22H2,1-2H3,(H,34,40)(H,35,41)(H,38,39). The fourth-order valence-corrected chi connectivity index (χ4v) is 6.02. The molecule has 1 aliphatic heterocycles. The number of ether oxygens (including phenoxy) is 1. The quantitative estimate of drug-likeness (QED) is 0.341. The van der Waals surface area contributed by atoms with Crippen LogP contribution in [0.25, 0.3) is 11.1 Å². The van der Waals surface area contributed by atoms with E-state index in [1.54, 1.807) is 19.0 Å². The molecule has 220 valence electrons. The third-order valence-corrected chi connectivity index (χ3v) is 8.23. The van der Waals surface area contributed by atoms with E-state index in [2.05, 4.69) is 51.9 Å². The summed E-state index contributed by atoms with van der Waals surface area (Å²) in [6, 6.07) is 25.2. The van der Waals surface area contributed by atoms with Crippen molar-refractivity contribution in [3.05, 3.63) is 95.6 Å². The molecule has 0 spiro atoms. The summed E-state index contributed by atoms with van der Waals surface area (Å²) in [6.07, 6.45) is -0.0445. The van der Waals surface area contributed by atoms with Crippen LogP contribution in [0.4, 0.5) is 4.79 Å². The number of fused-ring (bicyclic) bond motifs is 3. The Hall–Kier alpha value is -4.21. The highest BCUT2D eigenvalue weighted by Crippen LogP contribution is 2.44. The molecule has 1 unspecified atom stereocenters. The van der Waals surface area contributed by atoms with Crippen molar-refractivity contribution < 1.29 is 24.2 Å². The maximum absolute atomic E-state index is 13.7. The molecule has 0 saturated carbocycles. The molecule has 3 aromatic carbocycles. The lowest BCUT2D eigenvalue weighted by molar-refractivity contribution is -0.143. The summed E-state index contributed by atoms with van der Waals surface area (Å²) in [5.41, 5.74) is 4.32. The molecule has 0 bridgehead atoms. The molecule has 9 heteroatoms. The minimum atomic E-state index is -1.30. The first-order chi connectivity index (χ1) is 20.3. The van der Waals surface area contributed by atoms with E-state index in [1.165, 1.54) is 0 Å². The van der Waals surface area contributed by atoms with Crippen LogP contribution in [0.3, 0.4) is 0 Å². The monoisotopic (exact) mass is 570 g/mol. The molecule has 1 saturated heterocycles. The molecule has 1 heterocycles. The Morgan fingerprint density at radius 2 is 1.50 bits per heavy atom. The number of rotatable bonds is 10. The maximum atomic E-state index is 13.7. The van der Waals surface area contributed by atoms with Gasteiger partial charge in [0.1, 0.15) is 18.2 Å². The molecule has 3 aromatic rings. The summed E-state index contributed by atoms with van der Waals surface area (Å²) in [7, 11) is 3.49. The van der Waals surface area contributed by atoms with Crippen LogP contribution in [-0.2, 0) is 20.9 Å². The normalized spacial score (nSPS) is 16.7. The third-order valence-electron chi connectivity index (χ3n) is 8.23. The second-order valence-corrected chi connectivity index (χ2v) is 11.4. The number of aliphatic carboxylic acids is 1. The highest BCUT2D eigenvalue weighted by atomic mass is 16.5. The van der Waals surface area contributed by atoms with Gasteiger partial charge >= 0.3 is 12.1 Å². The van der Waals surface area contributed by atoms with Crippen LogP contribution in [0.5, 0.6) is 0 Å². The average molecular weight is 571 g/mol. The Bertz CT molecular complexity index is 1370. The number of alkyl carbamates (subject to hydrolysis) is 1. The number of likely N-dealkylation sites (tertiary alicyclic amines) is 1. The van der Waals surface area contributed by atoms with Crippen molar-refractivity contribution >= 4 is 18.0 Å². The predicted octanol–water partition coefficient (Wildman–Crippen LogP) is 3.69. The zero-order chi connectivity index (χ0) is 29.7. The fourth-order valence-electron chi connectivity index (χ4n) is 6.02. The summed E-state index contributed by atoms with van der Waals surface area (Å²) in [6.45, 7) is 2.08. The van der Waals surface area contributed by atoms with E-state index in [0.717, 1.165) is 34.4 Å². The van der Waals surface area contributed by atoms with Crippen molar-refractivity contribution in [1.29, 1.82) is 0 Å². The fraction of sp³-hybridized carbons (Fsp3) is 0.364. The first-order valence-electron chi connectivity index (χ1n) is 14.3. The Morgan fingerprint density at radius 3 is 2.07 bits per heavy atom. The Morgan fingerprint density at radius 1 is 0.929 bits per heavy atom. The molecule has 1 aliphatic carbocycles. The van der Waals surface area contributed by atoms with E-state index in [0.29, 0.717) is 25.9 Å². The summed E-state index contributed by atoms with van der Waals surface area (Å²) in [4.78, 5) is 42.9. The molecule has 1 atom stereocenters. The molecule has 0 aromatic heterocycles. The number of piperidine rings is 1.